The first kappa shape index (κ1) is 15.4. The molecule has 20 heavy (non-hydrogen) atoms. The van der Waals surface area contributed by atoms with E-state index < -0.39 is 0 Å². The summed E-state index contributed by atoms with van der Waals surface area (Å²) in [7, 11) is 0. The van der Waals surface area contributed by atoms with Gasteiger partial charge in [-0.3, -0.25) is 4.79 Å². The molecule has 0 saturated carbocycles. The Morgan fingerprint density at radius 1 is 1.55 bits per heavy atom. The highest BCUT2D eigenvalue weighted by molar-refractivity contribution is 9.10. The maximum absolute atomic E-state index is 13.7. The molecular weight excluding hydrogens is 323 g/mol. The topological polar surface area (TPSA) is 32.3 Å². The molecule has 0 aromatic heterocycles. The lowest BCUT2D eigenvalue weighted by atomic mass is 9.93. The van der Waals surface area contributed by atoms with Crippen molar-refractivity contribution in [3.05, 3.63) is 34.1 Å². The van der Waals surface area contributed by atoms with Crippen LogP contribution in [0.1, 0.15) is 25.8 Å². The predicted molar refractivity (Wildman–Crippen MR) is 80.8 cm³/mol. The molecule has 0 aliphatic carbocycles. The average molecular weight is 343 g/mol. The molecule has 1 fully saturated rings. The van der Waals surface area contributed by atoms with E-state index in [2.05, 4.69) is 28.2 Å². The third-order valence-corrected chi connectivity index (χ3v) is 4.41. The molecule has 110 valence electrons. The highest BCUT2D eigenvalue weighted by atomic mass is 79.9. The summed E-state index contributed by atoms with van der Waals surface area (Å²) in [6.07, 6.45) is 0.913. The first-order valence-electron chi connectivity index (χ1n) is 6.90. The third-order valence-electron chi connectivity index (χ3n) is 3.91. The summed E-state index contributed by atoms with van der Waals surface area (Å²) >= 11 is 3.36. The normalized spacial score (nSPS) is 22.9. The van der Waals surface area contributed by atoms with E-state index in [-0.39, 0.29) is 11.7 Å². The molecule has 2 rings (SSSR count). The Labute approximate surface area is 127 Å². The van der Waals surface area contributed by atoms with Crippen molar-refractivity contribution in [1.82, 2.24) is 10.2 Å². The number of carbonyl (C=O) groups excluding carboxylic acids is 1. The van der Waals surface area contributed by atoms with E-state index in [4.69, 9.17) is 0 Å². The Morgan fingerprint density at radius 2 is 2.30 bits per heavy atom. The molecule has 1 aromatic carbocycles. The summed E-state index contributed by atoms with van der Waals surface area (Å²) in [4.78, 5) is 13.2. The van der Waals surface area contributed by atoms with Crippen LogP contribution in [0.5, 0.6) is 0 Å². The van der Waals surface area contributed by atoms with Crippen molar-refractivity contribution in [3.8, 4) is 0 Å². The van der Waals surface area contributed by atoms with Gasteiger partial charge < -0.3 is 10.2 Å². The van der Waals surface area contributed by atoms with Gasteiger partial charge in [0.15, 0.2) is 0 Å². The summed E-state index contributed by atoms with van der Waals surface area (Å²) < 4.78 is 14.6. The number of halogens is 2. The van der Waals surface area contributed by atoms with Gasteiger partial charge in [-0.15, -0.1) is 0 Å². The van der Waals surface area contributed by atoms with E-state index in [0.717, 1.165) is 24.0 Å². The zero-order chi connectivity index (χ0) is 14.7. The number of hydrogen-bond donors (Lipinski definition) is 1. The van der Waals surface area contributed by atoms with Crippen molar-refractivity contribution in [2.45, 2.75) is 32.9 Å². The summed E-state index contributed by atoms with van der Waals surface area (Å²) in [5, 5.41) is 3.42. The van der Waals surface area contributed by atoms with Crippen LogP contribution >= 0.6 is 15.9 Å². The molecule has 5 heteroatoms. The second-order valence-corrected chi connectivity index (χ2v) is 6.37. The number of carbonyl (C=O) groups is 1. The fraction of sp³-hybridized carbons (Fsp3) is 0.533. The van der Waals surface area contributed by atoms with Crippen molar-refractivity contribution < 1.29 is 9.18 Å². The smallest absolute Gasteiger partial charge is 0.219 e. The highest BCUT2D eigenvalue weighted by Crippen LogP contribution is 2.19. The van der Waals surface area contributed by atoms with Crippen molar-refractivity contribution in [2.75, 3.05) is 13.1 Å². The molecule has 0 spiro atoms. The SMILES string of the molecule is CC(=O)N1CC[C@@H](NCc2cc(Br)ccc2F)[C@H](C)C1. The van der Waals surface area contributed by atoms with Crippen molar-refractivity contribution in [3.63, 3.8) is 0 Å². The zero-order valence-corrected chi connectivity index (χ0v) is 13.4. The van der Waals surface area contributed by atoms with Crippen LogP contribution in [-0.4, -0.2) is 29.9 Å². The number of nitrogens with zero attached hydrogens (tertiary/aromatic N) is 1. The third kappa shape index (κ3) is 3.79. The van der Waals surface area contributed by atoms with Crippen molar-refractivity contribution in [1.29, 1.82) is 0 Å². The van der Waals surface area contributed by atoms with Gasteiger partial charge in [0.05, 0.1) is 0 Å². The van der Waals surface area contributed by atoms with Gasteiger partial charge in [-0.05, 0) is 30.5 Å². The largest absolute Gasteiger partial charge is 0.343 e. The molecule has 1 heterocycles. The lowest BCUT2D eigenvalue weighted by Gasteiger charge is -2.37. The maximum atomic E-state index is 13.7. The first-order valence-corrected chi connectivity index (χ1v) is 7.69. The number of piperidine rings is 1. The summed E-state index contributed by atoms with van der Waals surface area (Å²) in [6, 6.07) is 5.30. The minimum atomic E-state index is -0.186. The second-order valence-electron chi connectivity index (χ2n) is 5.45. The van der Waals surface area contributed by atoms with Crippen LogP contribution in [0, 0.1) is 11.7 Å². The lowest BCUT2D eigenvalue weighted by Crippen LogP contribution is -2.49. The van der Waals surface area contributed by atoms with Gasteiger partial charge in [-0.25, -0.2) is 4.39 Å². The van der Waals surface area contributed by atoms with E-state index in [9.17, 15) is 9.18 Å². The van der Waals surface area contributed by atoms with Gasteiger partial charge in [-0.1, -0.05) is 22.9 Å². The van der Waals surface area contributed by atoms with Gasteiger partial charge >= 0.3 is 0 Å². The van der Waals surface area contributed by atoms with Gasteiger partial charge in [0.2, 0.25) is 5.91 Å². The molecule has 1 aliphatic heterocycles. The Morgan fingerprint density at radius 3 is 2.95 bits per heavy atom. The number of rotatable bonds is 3. The molecule has 1 aliphatic rings. The Bertz CT molecular complexity index is 495. The van der Waals surface area contributed by atoms with Gasteiger partial charge in [0.1, 0.15) is 5.82 Å². The van der Waals surface area contributed by atoms with Crippen LogP contribution in [0.4, 0.5) is 4.39 Å². The fourth-order valence-corrected chi connectivity index (χ4v) is 3.06. The summed E-state index contributed by atoms with van der Waals surface area (Å²) in [5.41, 5.74) is 0.667. The van der Waals surface area contributed by atoms with Crippen LogP contribution in [0.25, 0.3) is 0 Å². The molecule has 0 unspecified atom stereocenters. The first-order chi connectivity index (χ1) is 9.47. The van der Waals surface area contributed by atoms with Crippen LogP contribution in [0.15, 0.2) is 22.7 Å². The summed E-state index contributed by atoms with van der Waals surface area (Å²) in [5.74, 6) is 0.325. The number of benzene rings is 1. The molecule has 1 saturated heterocycles. The monoisotopic (exact) mass is 342 g/mol. The molecule has 1 N–H and O–H groups in total. The summed E-state index contributed by atoms with van der Waals surface area (Å²) in [6.45, 7) is 5.80. The zero-order valence-electron chi connectivity index (χ0n) is 11.8. The van der Waals surface area contributed by atoms with E-state index in [1.165, 1.54) is 6.07 Å². The molecule has 3 nitrogen and oxygen atoms in total. The molecule has 0 bridgehead atoms. The van der Waals surface area contributed by atoms with Crippen LogP contribution < -0.4 is 5.32 Å². The lowest BCUT2D eigenvalue weighted by molar-refractivity contribution is -0.130. The van der Waals surface area contributed by atoms with Crippen molar-refractivity contribution >= 4 is 21.8 Å². The maximum Gasteiger partial charge on any atom is 0.219 e. The highest BCUT2D eigenvalue weighted by Gasteiger charge is 2.26. The van der Waals surface area contributed by atoms with Crippen LogP contribution in [0.2, 0.25) is 0 Å². The predicted octanol–water partition coefficient (Wildman–Crippen LogP) is 2.93. The van der Waals surface area contributed by atoms with Gasteiger partial charge in [-0.2, -0.15) is 0 Å². The minimum absolute atomic E-state index is 0.133. The molecular formula is C15H20BrFN2O. The Balaban J connectivity index is 1.91. The van der Waals surface area contributed by atoms with E-state index >= 15 is 0 Å². The average Bonchev–Trinajstić information content (AvgIpc) is 2.40. The van der Waals surface area contributed by atoms with Gasteiger partial charge in [0.25, 0.3) is 0 Å². The Hall–Kier alpha value is -0.940. The van der Waals surface area contributed by atoms with Crippen LogP contribution in [-0.2, 0) is 11.3 Å². The van der Waals surface area contributed by atoms with E-state index in [1.807, 2.05) is 4.90 Å². The second kappa shape index (κ2) is 6.68. The van der Waals surface area contributed by atoms with E-state index in [1.54, 1.807) is 19.1 Å². The van der Waals surface area contributed by atoms with Crippen LogP contribution in [0.3, 0.4) is 0 Å². The quantitative estimate of drug-likeness (QED) is 0.915. The fourth-order valence-electron chi connectivity index (χ4n) is 2.65. The standard InChI is InChI=1S/C15H20BrFN2O/c1-10-9-19(11(2)20)6-5-15(10)18-8-12-7-13(16)3-4-14(12)17/h3-4,7,10,15,18H,5-6,8-9H2,1-2H3/t10-,15-/m1/s1. The number of likely N-dealkylation sites (tertiary alicyclic amines) is 1. The minimum Gasteiger partial charge on any atom is -0.343 e. The number of amides is 1. The Kier molecular flexibility index (Phi) is 5.16. The number of hydrogen-bond acceptors (Lipinski definition) is 2. The van der Waals surface area contributed by atoms with Gasteiger partial charge in [0, 0.05) is 42.6 Å². The molecule has 0 radical (unpaired) electrons. The molecule has 2 atom stereocenters. The molecule has 1 aromatic rings. The molecule has 1 amide bonds. The number of nitrogens with one attached hydrogen (secondary N) is 1. The van der Waals surface area contributed by atoms with E-state index in [0.29, 0.717) is 24.1 Å². The van der Waals surface area contributed by atoms with Crippen molar-refractivity contribution in [2.24, 2.45) is 5.92 Å².